The van der Waals surface area contributed by atoms with Crippen molar-refractivity contribution in [1.29, 1.82) is 0 Å². The largest absolute Gasteiger partial charge is 0.369 e. The van der Waals surface area contributed by atoms with Crippen LogP contribution in [0, 0.1) is 0 Å². The Bertz CT molecular complexity index is 389. The Morgan fingerprint density at radius 2 is 2.06 bits per heavy atom. The minimum absolute atomic E-state index is 0.127. The van der Waals surface area contributed by atoms with Gasteiger partial charge in [0.25, 0.3) is 5.91 Å². The second-order valence-corrected chi connectivity index (χ2v) is 4.42. The minimum Gasteiger partial charge on any atom is -0.369 e. The summed E-state index contributed by atoms with van der Waals surface area (Å²) in [5.41, 5.74) is 6.85. The Balaban J connectivity index is 2.58. The molecule has 0 fully saturated rings. The standard InChI is InChI=1S/C13H20N2O2/c1-13(2,17-3)12(16)15-9-11-6-4-5-10(7-11)8-14/h4-7H,8-9,14H2,1-3H3,(H,15,16). The fraction of sp³-hybridized carbons (Fsp3) is 0.462. The molecule has 3 N–H and O–H groups in total. The molecule has 17 heavy (non-hydrogen) atoms. The van der Waals surface area contributed by atoms with Crippen molar-refractivity contribution < 1.29 is 9.53 Å². The van der Waals surface area contributed by atoms with Gasteiger partial charge in [0.1, 0.15) is 5.60 Å². The third kappa shape index (κ3) is 3.84. The van der Waals surface area contributed by atoms with Crippen molar-refractivity contribution >= 4 is 5.91 Å². The summed E-state index contributed by atoms with van der Waals surface area (Å²) >= 11 is 0. The number of amides is 1. The van der Waals surface area contributed by atoms with Crippen LogP contribution in [0.1, 0.15) is 25.0 Å². The lowest BCUT2D eigenvalue weighted by Crippen LogP contribution is -2.43. The Morgan fingerprint density at radius 3 is 2.65 bits per heavy atom. The molecule has 0 aliphatic carbocycles. The lowest BCUT2D eigenvalue weighted by atomic mass is 10.1. The van der Waals surface area contributed by atoms with E-state index in [4.69, 9.17) is 10.5 Å². The van der Waals surface area contributed by atoms with Crippen LogP contribution >= 0.6 is 0 Å². The monoisotopic (exact) mass is 236 g/mol. The fourth-order valence-corrected chi connectivity index (χ4v) is 1.35. The quantitative estimate of drug-likeness (QED) is 0.807. The summed E-state index contributed by atoms with van der Waals surface area (Å²) < 4.78 is 5.10. The zero-order valence-electron chi connectivity index (χ0n) is 10.6. The van der Waals surface area contributed by atoms with Gasteiger partial charge in [0, 0.05) is 20.2 Å². The highest BCUT2D eigenvalue weighted by Crippen LogP contribution is 2.09. The van der Waals surface area contributed by atoms with Gasteiger partial charge < -0.3 is 15.8 Å². The van der Waals surface area contributed by atoms with E-state index in [1.807, 2.05) is 24.3 Å². The van der Waals surface area contributed by atoms with E-state index in [-0.39, 0.29) is 5.91 Å². The van der Waals surface area contributed by atoms with E-state index in [2.05, 4.69) is 5.32 Å². The maximum absolute atomic E-state index is 11.8. The average molecular weight is 236 g/mol. The SMILES string of the molecule is COC(C)(C)C(=O)NCc1cccc(CN)c1. The summed E-state index contributed by atoms with van der Waals surface area (Å²) in [5.74, 6) is -0.127. The number of benzene rings is 1. The van der Waals surface area contributed by atoms with E-state index in [1.165, 1.54) is 7.11 Å². The average Bonchev–Trinajstić information content (AvgIpc) is 2.36. The first-order valence-corrected chi connectivity index (χ1v) is 5.61. The van der Waals surface area contributed by atoms with Crippen LogP contribution in [0.25, 0.3) is 0 Å². The van der Waals surface area contributed by atoms with Crippen LogP contribution in [0.5, 0.6) is 0 Å². The Hall–Kier alpha value is -1.39. The highest BCUT2D eigenvalue weighted by Gasteiger charge is 2.26. The molecule has 0 aliphatic rings. The summed E-state index contributed by atoms with van der Waals surface area (Å²) in [6, 6.07) is 7.84. The lowest BCUT2D eigenvalue weighted by molar-refractivity contribution is -0.139. The maximum atomic E-state index is 11.8. The molecule has 1 aromatic carbocycles. The van der Waals surface area contributed by atoms with Gasteiger partial charge in [-0.1, -0.05) is 24.3 Å². The van der Waals surface area contributed by atoms with Crippen LogP contribution < -0.4 is 11.1 Å². The molecule has 4 heteroatoms. The molecular weight excluding hydrogens is 216 g/mol. The molecule has 0 unspecified atom stereocenters. The highest BCUT2D eigenvalue weighted by molar-refractivity contribution is 5.84. The number of nitrogens with two attached hydrogens (primary N) is 1. The Labute approximate surface area is 102 Å². The molecule has 0 saturated heterocycles. The lowest BCUT2D eigenvalue weighted by Gasteiger charge is -2.21. The molecule has 94 valence electrons. The van der Waals surface area contributed by atoms with Crippen molar-refractivity contribution in [2.45, 2.75) is 32.5 Å². The van der Waals surface area contributed by atoms with Crippen LogP contribution in [0.4, 0.5) is 0 Å². The van der Waals surface area contributed by atoms with E-state index in [0.717, 1.165) is 11.1 Å². The fourth-order valence-electron chi connectivity index (χ4n) is 1.35. The van der Waals surface area contributed by atoms with Gasteiger partial charge in [-0.15, -0.1) is 0 Å². The predicted molar refractivity (Wildman–Crippen MR) is 67.3 cm³/mol. The van der Waals surface area contributed by atoms with Gasteiger partial charge >= 0.3 is 0 Å². The minimum atomic E-state index is -0.800. The van der Waals surface area contributed by atoms with Gasteiger partial charge in [-0.3, -0.25) is 4.79 Å². The molecule has 1 rings (SSSR count). The second-order valence-electron chi connectivity index (χ2n) is 4.42. The summed E-state index contributed by atoms with van der Waals surface area (Å²) in [6.07, 6.45) is 0. The first kappa shape index (κ1) is 13.7. The topological polar surface area (TPSA) is 64.3 Å². The number of hydrogen-bond donors (Lipinski definition) is 2. The van der Waals surface area contributed by atoms with Crippen molar-refractivity contribution in [2.24, 2.45) is 5.73 Å². The van der Waals surface area contributed by atoms with Crippen LogP contribution in [0.15, 0.2) is 24.3 Å². The number of rotatable bonds is 5. The first-order valence-electron chi connectivity index (χ1n) is 5.61. The molecule has 4 nitrogen and oxygen atoms in total. The molecule has 0 aliphatic heterocycles. The predicted octanol–water partition coefficient (Wildman–Crippen LogP) is 1.19. The van der Waals surface area contributed by atoms with Crippen molar-refractivity contribution in [3.05, 3.63) is 35.4 Å². The van der Waals surface area contributed by atoms with E-state index in [0.29, 0.717) is 13.1 Å². The molecule has 1 aromatic rings. The summed E-state index contributed by atoms with van der Waals surface area (Å²) in [6.45, 7) is 4.46. The highest BCUT2D eigenvalue weighted by atomic mass is 16.5. The third-order valence-electron chi connectivity index (χ3n) is 2.74. The number of methoxy groups -OCH3 is 1. The van der Waals surface area contributed by atoms with Gasteiger partial charge in [-0.2, -0.15) is 0 Å². The van der Waals surface area contributed by atoms with Gasteiger partial charge in [0.15, 0.2) is 0 Å². The zero-order valence-corrected chi connectivity index (χ0v) is 10.6. The number of carbonyl (C=O) groups is 1. The molecule has 0 heterocycles. The zero-order chi connectivity index (χ0) is 12.9. The molecule has 0 spiro atoms. The molecular formula is C13H20N2O2. The van der Waals surface area contributed by atoms with E-state index >= 15 is 0 Å². The van der Waals surface area contributed by atoms with Gasteiger partial charge in [-0.05, 0) is 25.0 Å². The smallest absolute Gasteiger partial charge is 0.251 e. The molecule has 0 atom stereocenters. The molecule has 0 radical (unpaired) electrons. The molecule has 0 bridgehead atoms. The number of ether oxygens (including phenoxy) is 1. The second kappa shape index (κ2) is 5.80. The number of hydrogen-bond acceptors (Lipinski definition) is 3. The summed E-state index contributed by atoms with van der Waals surface area (Å²) in [5, 5.41) is 2.84. The molecule has 0 saturated carbocycles. The normalized spacial score (nSPS) is 11.3. The van der Waals surface area contributed by atoms with Crippen LogP contribution in [0.3, 0.4) is 0 Å². The number of nitrogens with one attached hydrogen (secondary N) is 1. The van der Waals surface area contributed by atoms with Gasteiger partial charge in [0.2, 0.25) is 0 Å². The Morgan fingerprint density at radius 1 is 1.41 bits per heavy atom. The van der Waals surface area contributed by atoms with E-state index in [1.54, 1.807) is 13.8 Å². The van der Waals surface area contributed by atoms with Gasteiger partial charge in [0.05, 0.1) is 0 Å². The maximum Gasteiger partial charge on any atom is 0.251 e. The first-order chi connectivity index (χ1) is 7.99. The Kier molecular flexibility index (Phi) is 4.66. The molecule has 0 aromatic heterocycles. The van der Waals surface area contributed by atoms with Gasteiger partial charge in [-0.25, -0.2) is 0 Å². The summed E-state index contributed by atoms with van der Waals surface area (Å²) in [7, 11) is 1.52. The summed E-state index contributed by atoms with van der Waals surface area (Å²) in [4.78, 5) is 11.8. The van der Waals surface area contributed by atoms with E-state index in [9.17, 15) is 4.79 Å². The van der Waals surface area contributed by atoms with Crippen molar-refractivity contribution in [3.63, 3.8) is 0 Å². The molecule has 1 amide bonds. The van der Waals surface area contributed by atoms with Crippen LogP contribution in [0.2, 0.25) is 0 Å². The van der Waals surface area contributed by atoms with E-state index < -0.39 is 5.60 Å². The third-order valence-corrected chi connectivity index (χ3v) is 2.74. The van der Waals surface area contributed by atoms with Crippen molar-refractivity contribution in [1.82, 2.24) is 5.32 Å². The van der Waals surface area contributed by atoms with Crippen LogP contribution in [-0.2, 0) is 22.6 Å². The van der Waals surface area contributed by atoms with Crippen molar-refractivity contribution in [2.75, 3.05) is 7.11 Å². The number of carbonyl (C=O) groups excluding carboxylic acids is 1. The van der Waals surface area contributed by atoms with Crippen molar-refractivity contribution in [3.8, 4) is 0 Å². The van der Waals surface area contributed by atoms with Crippen LogP contribution in [-0.4, -0.2) is 18.6 Å².